The van der Waals surface area contributed by atoms with Gasteiger partial charge in [-0.1, -0.05) is 6.07 Å². The van der Waals surface area contributed by atoms with E-state index in [4.69, 9.17) is 0 Å². The van der Waals surface area contributed by atoms with Crippen molar-refractivity contribution < 1.29 is 4.79 Å². The van der Waals surface area contributed by atoms with Crippen molar-refractivity contribution in [3.63, 3.8) is 0 Å². The predicted octanol–water partition coefficient (Wildman–Crippen LogP) is 3.26. The number of hydrogen-bond donors (Lipinski definition) is 1. The lowest BCUT2D eigenvalue weighted by Crippen LogP contribution is -2.60. The number of thiophene rings is 1. The van der Waals surface area contributed by atoms with Crippen LogP contribution in [0.3, 0.4) is 0 Å². The van der Waals surface area contributed by atoms with E-state index < -0.39 is 0 Å². The molecule has 4 aliphatic rings. The van der Waals surface area contributed by atoms with Crippen LogP contribution in [0, 0.1) is 17.8 Å². The van der Waals surface area contributed by atoms with Crippen LogP contribution in [-0.2, 0) is 11.3 Å². The summed E-state index contributed by atoms with van der Waals surface area (Å²) in [5.41, 5.74) is 0.148. The van der Waals surface area contributed by atoms with Crippen molar-refractivity contribution in [3.8, 4) is 0 Å². The summed E-state index contributed by atoms with van der Waals surface area (Å²) in [6, 6.07) is 4.21. The fourth-order valence-electron chi connectivity index (χ4n) is 5.57. The van der Waals surface area contributed by atoms with Gasteiger partial charge in [0.1, 0.15) is 0 Å². The van der Waals surface area contributed by atoms with Crippen LogP contribution in [0.15, 0.2) is 17.5 Å². The number of amides is 1. The van der Waals surface area contributed by atoms with Crippen LogP contribution in [0.2, 0.25) is 0 Å². The normalized spacial score (nSPS) is 36.0. The first-order valence-corrected chi connectivity index (χ1v) is 9.50. The lowest BCUT2D eigenvalue weighted by molar-refractivity contribution is -0.127. The monoisotopic (exact) mass is 318 g/mol. The van der Waals surface area contributed by atoms with Gasteiger partial charge in [-0.2, -0.15) is 0 Å². The SMILES string of the molecule is CN(CC(=O)NC12CC3CC(CC(C3)C1)C2)Cc1cccs1. The molecule has 0 saturated heterocycles. The molecule has 0 spiro atoms. The molecule has 4 fully saturated rings. The topological polar surface area (TPSA) is 32.3 Å². The zero-order valence-electron chi connectivity index (χ0n) is 13.4. The van der Waals surface area contributed by atoms with Crippen molar-refractivity contribution in [2.45, 2.75) is 50.6 Å². The second-order valence-electron chi connectivity index (χ2n) is 8.00. The largest absolute Gasteiger partial charge is 0.350 e. The van der Waals surface area contributed by atoms with Crippen LogP contribution in [0.1, 0.15) is 43.4 Å². The first-order valence-electron chi connectivity index (χ1n) is 8.62. The average Bonchev–Trinajstić information content (AvgIpc) is 2.88. The molecule has 4 bridgehead atoms. The zero-order valence-corrected chi connectivity index (χ0v) is 14.2. The van der Waals surface area contributed by atoms with Crippen molar-refractivity contribution >= 4 is 17.2 Å². The van der Waals surface area contributed by atoms with E-state index in [1.165, 1.54) is 43.4 Å². The Morgan fingerprint density at radius 1 is 1.27 bits per heavy atom. The highest BCUT2D eigenvalue weighted by Crippen LogP contribution is 2.55. The minimum absolute atomic E-state index is 0.148. The second-order valence-corrected chi connectivity index (χ2v) is 9.03. The first kappa shape index (κ1) is 14.7. The number of rotatable bonds is 5. The summed E-state index contributed by atoms with van der Waals surface area (Å²) in [6.45, 7) is 1.38. The van der Waals surface area contributed by atoms with E-state index in [-0.39, 0.29) is 11.4 Å². The highest BCUT2D eigenvalue weighted by molar-refractivity contribution is 7.09. The van der Waals surface area contributed by atoms with E-state index in [0.717, 1.165) is 24.3 Å². The Morgan fingerprint density at radius 3 is 2.45 bits per heavy atom. The first-order chi connectivity index (χ1) is 10.6. The minimum Gasteiger partial charge on any atom is -0.350 e. The molecule has 22 heavy (non-hydrogen) atoms. The third-order valence-electron chi connectivity index (χ3n) is 5.86. The molecule has 4 aliphatic carbocycles. The van der Waals surface area contributed by atoms with Gasteiger partial charge >= 0.3 is 0 Å². The molecule has 0 aromatic carbocycles. The lowest BCUT2D eigenvalue weighted by atomic mass is 9.53. The van der Waals surface area contributed by atoms with E-state index >= 15 is 0 Å². The van der Waals surface area contributed by atoms with E-state index in [1.807, 2.05) is 7.05 Å². The molecule has 1 heterocycles. The summed E-state index contributed by atoms with van der Waals surface area (Å²) < 4.78 is 0. The average molecular weight is 318 g/mol. The molecular weight excluding hydrogens is 292 g/mol. The predicted molar refractivity (Wildman–Crippen MR) is 89.7 cm³/mol. The highest BCUT2D eigenvalue weighted by Gasteiger charge is 2.51. The van der Waals surface area contributed by atoms with Crippen molar-refractivity contribution in [1.29, 1.82) is 0 Å². The lowest BCUT2D eigenvalue weighted by Gasteiger charge is -2.57. The molecular formula is C18H26N2OS. The van der Waals surface area contributed by atoms with Gasteiger partial charge in [-0.3, -0.25) is 9.69 Å². The molecule has 3 nitrogen and oxygen atoms in total. The van der Waals surface area contributed by atoms with Gasteiger partial charge in [0.05, 0.1) is 6.54 Å². The number of hydrogen-bond acceptors (Lipinski definition) is 3. The summed E-state index contributed by atoms with van der Waals surface area (Å²) in [4.78, 5) is 16.0. The fraction of sp³-hybridized carbons (Fsp3) is 0.722. The molecule has 5 rings (SSSR count). The standard InChI is InChI=1S/C18H26N2OS/c1-20(11-16-3-2-4-22-16)12-17(21)19-18-8-13-5-14(9-18)7-15(6-13)10-18/h2-4,13-15H,5-12H2,1H3,(H,19,21). The van der Waals surface area contributed by atoms with Crippen LogP contribution in [-0.4, -0.2) is 29.9 Å². The molecule has 4 heteroatoms. The minimum atomic E-state index is 0.148. The summed E-state index contributed by atoms with van der Waals surface area (Å²) >= 11 is 1.76. The molecule has 0 unspecified atom stereocenters. The molecule has 4 saturated carbocycles. The van der Waals surface area contributed by atoms with E-state index in [0.29, 0.717) is 6.54 Å². The smallest absolute Gasteiger partial charge is 0.234 e. The maximum atomic E-state index is 12.5. The Morgan fingerprint density at radius 2 is 1.91 bits per heavy atom. The Labute approximate surface area is 137 Å². The van der Waals surface area contributed by atoms with Gasteiger partial charge in [-0.05, 0) is 74.8 Å². The number of nitrogens with zero attached hydrogens (tertiary/aromatic N) is 1. The number of nitrogens with one attached hydrogen (secondary N) is 1. The van der Waals surface area contributed by atoms with Gasteiger partial charge in [0, 0.05) is 17.0 Å². The Balaban J connectivity index is 1.34. The van der Waals surface area contributed by atoms with Crippen molar-refractivity contribution in [1.82, 2.24) is 10.2 Å². The molecule has 120 valence electrons. The molecule has 1 amide bonds. The zero-order chi connectivity index (χ0) is 15.2. The van der Waals surface area contributed by atoms with Gasteiger partial charge in [-0.25, -0.2) is 0 Å². The van der Waals surface area contributed by atoms with Crippen molar-refractivity contribution in [3.05, 3.63) is 22.4 Å². The maximum Gasteiger partial charge on any atom is 0.234 e. The van der Waals surface area contributed by atoms with E-state index in [9.17, 15) is 4.79 Å². The molecule has 0 radical (unpaired) electrons. The van der Waals surface area contributed by atoms with E-state index in [1.54, 1.807) is 11.3 Å². The molecule has 1 aromatic rings. The van der Waals surface area contributed by atoms with Crippen molar-refractivity contribution in [2.24, 2.45) is 17.8 Å². The highest BCUT2D eigenvalue weighted by atomic mass is 32.1. The van der Waals surface area contributed by atoms with Crippen LogP contribution < -0.4 is 5.32 Å². The number of carbonyl (C=O) groups excluding carboxylic acids is 1. The third kappa shape index (κ3) is 2.95. The maximum absolute atomic E-state index is 12.5. The Kier molecular flexibility index (Phi) is 3.77. The third-order valence-corrected chi connectivity index (χ3v) is 6.72. The van der Waals surface area contributed by atoms with Crippen molar-refractivity contribution in [2.75, 3.05) is 13.6 Å². The summed E-state index contributed by atoms with van der Waals surface area (Å²) in [6.07, 6.45) is 7.98. The molecule has 0 aliphatic heterocycles. The van der Waals surface area contributed by atoms with Gasteiger partial charge in [-0.15, -0.1) is 11.3 Å². The molecule has 0 atom stereocenters. The Bertz CT molecular complexity index is 504. The number of carbonyl (C=O) groups is 1. The van der Waals surface area contributed by atoms with Gasteiger partial charge < -0.3 is 5.32 Å². The van der Waals surface area contributed by atoms with Gasteiger partial charge in [0.2, 0.25) is 5.91 Å². The summed E-state index contributed by atoms with van der Waals surface area (Å²) in [7, 11) is 2.04. The molecule has 1 N–H and O–H groups in total. The number of likely N-dealkylation sites (N-methyl/N-ethyl adjacent to an activating group) is 1. The fourth-order valence-corrected chi connectivity index (χ4v) is 6.35. The molecule has 1 aromatic heterocycles. The van der Waals surface area contributed by atoms with Gasteiger partial charge in [0.15, 0.2) is 0 Å². The van der Waals surface area contributed by atoms with Crippen LogP contribution in [0.5, 0.6) is 0 Å². The van der Waals surface area contributed by atoms with E-state index in [2.05, 4.69) is 27.7 Å². The van der Waals surface area contributed by atoms with Crippen LogP contribution >= 0.6 is 11.3 Å². The summed E-state index contributed by atoms with van der Waals surface area (Å²) in [5, 5.41) is 5.55. The quantitative estimate of drug-likeness (QED) is 0.904. The Hall–Kier alpha value is -0.870. The van der Waals surface area contributed by atoms with Crippen LogP contribution in [0.25, 0.3) is 0 Å². The second kappa shape index (κ2) is 5.64. The summed E-state index contributed by atoms with van der Waals surface area (Å²) in [5.74, 6) is 2.88. The van der Waals surface area contributed by atoms with Gasteiger partial charge in [0.25, 0.3) is 0 Å². The van der Waals surface area contributed by atoms with Crippen LogP contribution in [0.4, 0.5) is 0 Å².